The lowest BCUT2D eigenvalue weighted by Gasteiger charge is -2.29. The van der Waals surface area contributed by atoms with E-state index in [1.165, 1.54) is 11.3 Å². The number of hydrogen-bond acceptors (Lipinski definition) is 5. The summed E-state index contributed by atoms with van der Waals surface area (Å²) in [6, 6.07) is 7.47. The second-order valence-corrected chi connectivity index (χ2v) is 8.75. The lowest BCUT2D eigenvalue weighted by molar-refractivity contribution is -0.134. The second-order valence-electron chi connectivity index (χ2n) is 7.11. The number of carbonyl (C=O) groups is 2. The Balaban J connectivity index is 1.72. The molecule has 4 rings (SSSR count). The van der Waals surface area contributed by atoms with Gasteiger partial charge in [-0.1, -0.05) is 23.7 Å². The maximum Gasteiger partial charge on any atom is 0.249 e. The minimum absolute atomic E-state index is 0.00817. The number of morpholine rings is 1. The maximum absolute atomic E-state index is 13.0. The van der Waals surface area contributed by atoms with Gasteiger partial charge in [0.15, 0.2) is 0 Å². The normalized spacial score (nSPS) is 17.1. The van der Waals surface area contributed by atoms with Gasteiger partial charge in [0.2, 0.25) is 11.8 Å². The first kappa shape index (κ1) is 20.1. The van der Waals surface area contributed by atoms with Crippen molar-refractivity contribution >= 4 is 45.5 Å². The molecule has 8 heteroatoms. The van der Waals surface area contributed by atoms with Gasteiger partial charge in [0.05, 0.1) is 18.9 Å². The molecule has 6 nitrogen and oxygen atoms in total. The molecule has 2 aliphatic rings. The van der Waals surface area contributed by atoms with Crippen LogP contribution in [-0.4, -0.2) is 61.8 Å². The molecule has 0 atom stereocenters. The zero-order chi connectivity index (χ0) is 20.5. The number of ether oxygens (including phenoxy) is 1. The topological polar surface area (TPSA) is 62.2 Å². The molecule has 0 spiro atoms. The average molecular weight is 432 g/mol. The van der Waals surface area contributed by atoms with Crippen LogP contribution in [0.5, 0.6) is 0 Å². The number of carbonyl (C=O) groups excluding carboxylic acids is 2. The van der Waals surface area contributed by atoms with Crippen LogP contribution in [0.25, 0.3) is 0 Å². The fourth-order valence-corrected chi connectivity index (χ4v) is 4.85. The Hall–Kier alpha value is -2.22. The fraction of sp³-hybridized carbons (Fsp3) is 0.381. The number of aliphatic imine (C=N–C) groups is 1. The number of thiophene rings is 1. The summed E-state index contributed by atoms with van der Waals surface area (Å²) < 4.78 is 5.33. The third kappa shape index (κ3) is 3.95. The van der Waals surface area contributed by atoms with Gasteiger partial charge >= 0.3 is 0 Å². The Labute approximate surface area is 178 Å². The molecule has 0 aliphatic carbocycles. The number of aryl methyl sites for hydroxylation is 1. The quantitative estimate of drug-likeness (QED) is 0.750. The van der Waals surface area contributed by atoms with Gasteiger partial charge in [-0.25, -0.2) is 0 Å². The van der Waals surface area contributed by atoms with E-state index >= 15 is 0 Å². The van der Waals surface area contributed by atoms with Crippen molar-refractivity contribution in [1.82, 2.24) is 4.90 Å². The molecule has 152 valence electrons. The first-order chi connectivity index (χ1) is 14.0. The molecule has 1 saturated heterocycles. The lowest BCUT2D eigenvalue weighted by Crippen LogP contribution is -2.47. The van der Waals surface area contributed by atoms with E-state index < -0.39 is 0 Å². The van der Waals surface area contributed by atoms with Crippen LogP contribution in [0.3, 0.4) is 0 Å². The summed E-state index contributed by atoms with van der Waals surface area (Å²) >= 11 is 7.58. The van der Waals surface area contributed by atoms with Crippen molar-refractivity contribution in [2.45, 2.75) is 13.8 Å². The highest BCUT2D eigenvalue weighted by molar-refractivity contribution is 7.17. The van der Waals surface area contributed by atoms with Gasteiger partial charge < -0.3 is 9.64 Å². The molecule has 2 aromatic rings. The summed E-state index contributed by atoms with van der Waals surface area (Å²) in [5.41, 5.74) is 3.69. The van der Waals surface area contributed by atoms with Gasteiger partial charge in [-0.3, -0.25) is 19.5 Å². The van der Waals surface area contributed by atoms with Gasteiger partial charge in [-0.15, -0.1) is 11.3 Å². The van der Waals surface area contributed by atoms with Crippen LogP contribution in [-0.2, 0) is 14.3 Å². The molecule has 3 heterocycles. The standard InChI is InChI=1S/C21H22ClN3O3S/c1-13-14(2)29-21-19(13)20(15-3-5-16(22)6-4-15)23-11-17(26)25(21)12-18(27)24-7-9-28-10-8-24/h3-6H,7-12H2,1-2H3. The number of fused-ring (bicyclic) bond motifs is 1. The van der Waals surface area contributed by atoms with E-state index in [9.17, 15) is 9.59 Å². The Morgan fingerprint density at radius 2 is 1.90 bits per heavy atom. The Morgan fingerprint density at radius 3 is 2.59 bits per heavy atom. The molecule has 2 amide bonds. The first-order valence-electron chi connectivity index (χ1n) is 9.52. The maximum atomic E-state index is 13.0. The second kappa shape index (κ2) is 8.26. The zero-order valence-corrected chi connectivity index (χ0v) is 18.0. The highest BCUT2D eigenvalue weighted by Gasteiger charge is 2.32. The van der Waals surface area contributed by atoms with Crippen LogP contribution in [0.15, 0.2) is 29.3 Å². The third-order valence-corrected chi connectivity index (χ3v) is 6.78. The summed E-state index contributed by atoms with van der Waals surface area (Å²) in [6.45, 7) is 6.28. The molecule has 0 unspecified atom stereocenters. The third-order valence-electron chi connectivity index (χ3n) is 5.30. The largest absolute Gasteiger partial charge is 0.378 e. The van der Waals surface area contributed by atoms with Crippen molar-refractivity contribution in [3.05, 3.63) is 50.9 Å². The summed E-state index contributed by atoms with van der Waals surface area (Å²) in [6.07, 6.45) is 0. The van der Waals surface area contributed by atoms with Crippen LogP contribution in [0.2, 0.25) is 5.02 Å². The smallest absolute Gasteiger partial charge is 0.249 e. The van der Waals surface area contributed by atoms with Gasteiger partial charge in [-0.2, -0.15) is 0 Å². The van der Waals surface area contributed by atoms with E-state index in [1.54, 1.807) is 9.80 Å². The molecule has 0 saturated carbocycles. The Bertz CT molecular complexity index is 978. The Morgan fingerprint density at radius 1 is 1.21 bits per heavy atom. The van der Waals surface area contributed by atoms with Gasteiger partial charge in [0.25, 0.3) is 0 Å². The predicted molar refractivity (Wildman–Crippen MR) is 116 cm³/mol. The zero-order valence-electron chi connectivity index (χ0n) is 16.4. The number of benzene rings is 1. The minimum atomic E-state index is -0.168. The van der Waals surface area contributed by atoms with Crippen molar-refractivity contribution in [3.8, 4) is 0 Å². The summed E-state index contributed by atoms with van der Waals surface area (Å²) in [5.74, 6) is -0.232. The minimum Gasteiger partial charge on any atom is -0.378 e. The highest BCUT2D eigenvalue weighted by Crippen LogP contribution is 2.38. The number of anilines is 1. The molecule has 29 heavy (non-hydrogen) atoms. The SMILES string of the molecule is Cc1sc2c(c1C)C(c1ccc(Cl)cc1)=NCC(=O)N2CC(=O)N1CCOCC1. The average Bonchev–Trinajstić information content (AvgIpc) is 2.94. The van der Waals surface area contributed by atoms with Crippen LogP contribution in [0, 0.1) is 13.8 Å². The van der Waals surface area contributed by atoms with Crippen molar-refractivity contribution in [1.29, 1.82) is 0 Å². The van der Waals surface area contributed by atoms with E-state index in [-0.39, 0.29) is 24.9 Å². The van der Waals surface area contributed by atoms with E-state index in [0.29, 0.717) is 31.3 Å². The van der Waals surface area contributed by atoms with Crippen LogP contribution in [0.1, 0.15) is 21.6 Å². The summed E-state index contributed by atoms with van der Waals surface area (Å²) in [5, 5.41) is 1.44. The number of nitrogens with zero attached hydrogens (tertiary/aromatic N) is 3. The lowest BCUT2D eigenvalue weighted by atomic mass is 10.00. The van der Waals surface area contributed by atoms with Crippen LogP contribution < -0.4 is 4.90 Å². The summed E-state index contributed by atoms with van der Waals surface area (Å²) in [7, 11) is 0. The van der Waals surface area contributed by atoms with Crippen molar-refractivity contribution in [2.75, 3.05) is 44.3 Å². The Kier molecular flexibility index (Phi) is 5.72. The number of halogens is 1. The van der Waals surface area contributed by atoms with Crippen molar-refractivity contribution in [3.63, 3.8) is 0 Å². The van der Waals surface area contributed by atoms with E-state index in [4.69, 9.17) is 16.3 Å². The van der Waals surface area contributed by atoms with Gasteiger partial charge in [-0.05, 0) is 31.5 Å². The molecule has 0 bridgehead atoms. The van der Waals surface area contributed by atoms with Crippen molar-refractivity contribution < 1.29 is 14.3 Å². The summed E-state index contributed by atoms with van der Waals surface area (Å²) in [4.78, 5) is 34.9. The van der Waals surface area contributed by atoms with E-state index in [2.05, 4.69) is 4.99 Å². The molecular formula is C21H22ClN3O3S. The van der Waals surface area contributed by atoms with E-state index in [1.807, 2.05) is 38.1 Å². The molecule has 0 N–H and O–H groups in total. The molecule has 1 fully saturated rings. The number of rotatable bonds is 3. The molecule has 2 aliphatic heterocycles. The predicted octanol–water partition coefficient (Wildman–Crippen LogP) is 3.06. The number of amides is 2. The molecular weight excluding hydrogens is 410 g/mol. The first-order valence-corrected chi connectivity index (χ1v) is 10.7. The van der Waals surface area contributed by atoms with Gasteiger partial charge in [0, 0.05) is 34.1 Å². The van der Waals surface area contributed by atoms with Crippen LogP contribution >= 0.6 is 22.9 Å². The highest BCUT2D eigenvalue weighted by atomic mass is 35.5. The fourth-order valence-electron chi connectivity index (χ4n) is 3.55. The molecule has 1 aromatic heterocycles. The van der Waals surface area contributed by atoms with Crippen molar-refractivity contribution in [2.24, 2.45) is 4.99 Å². The van der Waals surface area contributed by atoms with Crippen LogP contribution in [0.4, 0.5) is 5.00 Å². The monoisotopic (exact) mass is 431 g/mol. The molecule has 1 aromatic carbocycles. The molecule has 0 radical (unpaired) electrons. The van der Waals surface area contributed by atoms with E-state index in [0.717, 1.165) is 32.3 Å². The van der Waals surface area contributed by atoms with Gasteiger partial charge in [0.1, 0.15) is 18.1 Å². The number of hydrogen-bond donors (Lipinski definition) is 0.